The van der Waals surface area contributed by atoms with Gasteiger partial charge < -0.3 is 4.90 Å². The number of nitrogens with zero attached hydrogens (tertiary/aromatic N) is 3. The highest BCUT2D eigenvalue weighted by Crippen LogP contribution is 2.04. The van der Waals surface area contributed by atoms with Crippen molar-refractivity contribution in [2.24, 2.45) is 0 Å². The molecule has 0 aromatic carbocycles. The molecular weight excluding hydrogens is 186 g/mol. The fourth-order valence-electron chi connectivity index (χ4n) is 1.09. The van der Waals surface area contributed by atoms with Gasteiger partial charge in [0.15, 0.2) is 0 Å². The molecule has 1 heterocycles. The minimum absolute atomic E-state index is 0.127. The van der Waals surface area contributed by atoms with E-state index in [0.717, 1.165) is 18.1 Å². The van der Waals surface area contributed by atoms with Crippen LogP contribution in [0.4, 0.5) is 0 Å². The molecule has 0 aliphatic carbocycles. The Labute approximate surface area is 81.6 Å². The van der Waals surface area contributed by atoms with E-state index in [2.05, 4.69) is 10.2 Å². The van der Waals surface area contributed by atoms with E-state index >= 15 is 0 Å². The van der Waals surface area contributed by atoms with Crippen molar-refractivity contribution in [3.8, 4) is 0 Å². The zero-order chi connectivity index (χ0) is 9.68. The van der Waals surface area contributed by atoms with Crippen LogP contribution >= 0.6 is 11.3 Å². The molecule has 0 saturated carbocycles. The van der Waals surface area contributed by atoms with Crippen molar-refractivity contribution in [3.63, 3.8) is 0 Å². The Morgan fingerprint density at radius 2 is 2.23 bits per heavy atom. The molecule has 0 radical (unpaired) electrons. The average molecular weight is 199 g/mol. The van der Waals surface area contributed by atoms with Crippen LogP contribution < -0.4 is 0 Å². The predicted molar refractivity (Wildman–Crippen MR) is 51.5 cm³/mol. The lowest BCUT2D eigenvalue weighted by Crippen LogP contribution is -2.31. The highest BCUT2D eigenvalue weighted by molar-refractivity contribution is 7.09. The first-order valence-corrected chi connectivity index (χ1v) is 5.18. The molecule has 0 atom stereocenters. The summed E-state index contributed by atoms with van der Waals surface area (Å²) in [6, 6.07) is 0. The van der Waals surface area contributed by atoms with Crippen LogP contribution in [0.25, 0.3) is 0 Å². The van der Waals surface area contributed by atoms with Gasteiger partial charge in [0.05, 0.1) is 6.42 Å². The molecule has 0 N–H and O–H groups in total. The van der Waals surface area contributed by atoms with Crippen molar-refractivity contribution >= 4 is 17.2 Å². The van der Waals surface area contributed by atoms with Gasteiger partial charge in [0.25, 0.3) is 0 Å². The summed E-state index contributed by atoms with van der Waals surface area (Å²) >= 11 is 1.42. The molecule has 72 valence electrons. The number of hydrogen-bond donors (Lipinski definition) is 0. The largest absolute Gasteiger partial charge is 0.343 e. The zero-order valence-corrected chi connectivity index (χ0v) is 8.67. The zero-order valence-electron chi connectivity index (χ0n) is 7.86. The number of likely N-dealkylation sites (N-methyl/N-ethyl adjacent to an activating group) is 1. The van der Waals surface area contributed by atoms with E-state index in [1.165, 1.54) is 11.3 Å². The lowest BCUT2D eigenvalue weighted by molar-refractivity contribution is -0.130. The second-order valence-corrected chi connectivity index (χ2v) is 3.49. The normalized spacial score (nSPS) is 10.0. The summed E-state index contributed by atoms with van der Waals surface area (Å²) in [6.45, 7) is 5.46. The smallest absolute Gasteiger partial charge is 0.229 e. The van der Waals surface area contributed by atoms with Crippen LogP contribution in [-0.2, 0) is 11.2 Å². The molecule has 13 heavy (non-hydrogen) atoms. The molecular formula is C8H13N3OS. The van der Waals surface area contributed by atoms with Crippen LogP contribution in [0.2, 0.25) is 0 Å². The minimum atomic E-state index is 0.127. The van der Waals surface area contributed by atoms with Gasteiger partial charge in [-0.3, -0.25) is 4.79 Å². The van der Waals surface area contributed by atoms with Gasteiger partial charge in [0, 0.05) is 13.1 Å². The number of carbonyl (C=O) groups is 1. The van der Waals surface area contributed by atoms with E-state index in [0.29, 0.717) is 6.42 Å². The predicted octanol–water partition coefficient (Wildman–Crippen LogP) is 0.949. The molecule has 0 fully saturated rings. The minimum Gasteiger partial charge on any atom is -0.343 e. The molecule has 0 unspecified atom stereocenters. The van der Waals surface area contributed by atoms with Crippen molar-refractivity contribution in [1.29, 1.82) is 0 Å². The maximum atomic E-state index is 11.5. The summed E-state index contributed by atoms with van der Waals surface area (Å²) in [4.78, 5) is 13.3. The van der Waals surface area contributed by atoms with Crippen LogP contribution in [0.15, 0.2) is 5.51 Å². The molecule has 0 spiro atoms. The van der Waals surface area contributed by atoms with Gasteiger partial charge in [-0.15, -0.1) is 21.5 Å². The quantitative estimate of drug-likeness (QED) is 0.725. The molecule has 1 rings (SSSR count). The Balaban J connectivity index is 2.49. The first kappa shape index (κ1) is 10.1. The SMILES string of the molecule is CCN(CC)C(=O)Cc1nncs1. The monoisotopic (exact) mass is 199 g/mol. The fourth-order valence-corrected chi connectivity index (χ4v) is 1.61. The van der Waals surface area contributed by atoms with Crippen molar-refractivity contribution in [2.45, 2.75) is 20.3 Å². The summed E-state index contributed by atoms with van der Waals surface area (Å²) in [5.41, 5.74) is 1.64. The van der Waals surface area contributed by atoms with Gasteiger partial charge >= 0.3 is 0 Å². The summed E-state index contributed by atoms with van der Waals surface area (Å²) in [6.07, 6.45) is 0.381. The number of amides is 1. The van der Waals surface area contributed by atoms with Crippen molar-refractivity contribution in [1.82, 2.24) is 15.1 Å². The molecule has 0 saturated heterocycles. The second kappa shape index (κ2) is 4.91. The summed E-state index contributed by atoms with van der Waals surface area (Å²) in [7, 11) is 0. The Kier molecular flexibility index (Phi) is 3.82. The molecule has 1 aromatic heterocycles. The van der Waals surface area contributed by atoms with E-state index < -0.39 is 0 Å². The van der Waals surface area contributed by atoms with Crippen molar-refractivity contribution in [3.05, 3.63) is 10.5 Å². The van der Waals surface area contributed by atoms with Crippen molar-refractivity contribution < 1.29 is 4.79 Å². The third-order valence-electron chi connectivity index (χ3n) is 1.82. The standard InChI is InChI=1S/C8H13N3OS/c1-3-11(4-2)8(12)5-7-10-9-6-13-7/h6H,3-5H2,1-2H3. The third-order valence-corrected chi connectivity index (χ3v) is 2.52. The van der Waals surface area contributed by atoms with Crippen LogP contribution in [0, 0.1) is 0 Å². The maximum Gasteiger partial charge on any atom is 0.229 e. The Morgan fingerprint density at radius 1 is 1.54 bits per heavy atom. The molecule has 0 aliphatic heterocycles. The number of rotatable bonds is 4. The van der Waals surface area contributed by atoms with Crippen molar-refractivity contribution in [2.75, 3.05) is 13.1 Å². The van der Waals surface area contributed by atoms with E-state index in [1.807, 2.05) is 13.8 Å². The van der Waals surface area contributed by atoms with Gasteiger partial charge in [-0.05, 0) is 13.8 Å². The number of hydrogen-bond acceptors (Lipinski definition) is 4. The van der Waals surface area contributed by atoms with E-state index in [1.54, 1.807) is 10.4 Å². The fraction of sp³-hybridized carbons (Fsp3) is 0.625. The number of aromatic nitrogens is 2. The molecule has 0 bridgehead atoms. The van der Waals surface area contributed by atoms with Gasteiger partial charge in [-0.1, -0.05) is 0 Å². The topological polar surface area (TPSA) is 46.1 Å². The highest BCUT2D eigenvalue weighted by atomic mass is 32.1. The first-order valence-electron chi connectivity index (χ1n) is 4.30. The Morgan fingerprint density at radius 3 is 2.69 bits per heavy atom. The molecule has 4 nitrogen and oxygen atoms in total. The van der Waals surface area contributed by atoms with Crippen LogP contribution in [0.3, 0.4) is 0 Å². The Hall–Kier alpha value is -0.970. The van der Waals surface area contributed by atoms with E-state index in [9.17, 15) is 4.79 Å². The molecule has 1 amide bonds. The maximum absolute atomic E-state index is 11.5. The summed E-state index contributed by atoms with van der Waals surface area (Å²) in [5.74, 6) is 0.127. The van der Waals surface area contributed by atoms with Gasteiger partial charge in [0.1, 0.15) is 10.5 Å². The second-order valence-electron chi connectivity index (χ2n) is 2.58. The van der Waals surface area contributed by atoms with Crippen LogP contribution in [0.1, 0.15) is 18.9 Å². The van der Waals surface area contributed by atoms with Crippen LogP contribution in [-0.4, -0.2) is 34.1 Å². The van der Waals surface area contributed by atoms with E-state index in [4.69, 9.17) is 0 Å². The molecule has 5 heteroatoms. The lowest BCUT2D eigenvalue weighted by atomic mass is 10.3. The van der Waals surface area contributed by atoms with Gasteiger partial charge in [0.2, 0.25) is 5.91 Å². The van der Waals surface area contributed by atoms with Gasteiger partial charge in [-0.2, -0.15) is 0 Å². The van der Waals surface area contributed by atoms with Gasteiger partial charge in [-0.25, -0.2) is 0 Å². The Bertz CT molecular complexity index is 256. The van der Waals surface area contributed by atoms with Crippen LogP contribution in [0.5, 0.6) is 0 Å². The highest BCUT2D eigenvalue weighted by Gasteiger charge is 2.11. The number of carbonyl (C=O) groups excluding carboxylic acids is 1. The average Bonchev–Trinajstić information content (AvgIpc) is 2.59. The molecule has 1 aromatic rings. The summed E-state index contributed by atoms with van der Waals surface area (Å²) < 4.78 is 0. The third kappa shape index (κ3) is 2.77. The first-order chi connectivity index (χ1) is 6.27. The summed E-state index contributed by atoms with van der Waals surface area (Å²) in [5, 5.41) is 8.30. The van der Waals surface area contributed by atoms with E-state index in [-0.39, 0.29) is 5.91 Å². The molecule has 0 aliphatic rings. The lowest BCUT2D eigenvalue weighted by Gasteiger charge is -2.17.